The molecule has 1 aliphatic heterocycles. The summed E-state index contributed by atoms with van der Waals surface area (Å²) < 4.78 is 70.8. The van der Waals surface area contributed by atoms with E-state index in [2.05, 4.69) is 4.72 Å². The van der Waals surface area contributed by atoms with Crippen LogP contribution in [0.3, 0.4) is 0 Å². The molecule has 1 aliphatic carbocycles. The molecule has 4 rings (SSSR count). The minimum Gasteiger partial charge on any atom is -0.480 e. The molecule has 1 amide bonds. The lowest BCUT2D eigenvalue weighted by Gasteiger charge is -2.31. The average molecular weight is 603 g/mol. The fourth-order valence-electron chi connectivity index (χ4n) is 4.67. The number of sulfonamides is 1. The van der Waals surface area contributed by atoms with Crippen molar-refractivity contribution in [2.45, 2.75) is 70.3 Å². The molecule has 0 spiro atoms. The Labute approximate surface area is 245 Å². The van der Waals surface area contributed by atoms with Gasteiger partial charge in [-0.25, -0.2) is 22.0 Å². The summed E-state index contributed by atoms with van der Waals surface area (Å²) in [6.07, 6.45) is 8.55. The minimum absolute atomic E-state index is 0.0415. The first-order valence-electron chi connectivity index (χ1n) is 14.0. The number of halogens is 2. The molecule has 0 radical (unpaired) electrons. The number of rotatable bonds is 10. The van der Waals surface area contributed by atoms with E-state index in [4.69, 9.17) is 9.47 Å². The number of amides is 1. The largest absolute Gasteiger partial charge is 0.480 e. The van der Waals surface area contributed by atoms with Crippen LogP contribution >= 0.6 is 0 Å². The molecule has 1 heterocycles. The van der Waals surface area contributed by atoms with Gasteiger partial charge in [0, 0.05) is 30.3 Å². The van der Waals surface area contributed by atoms with E-state index in [1.807, 2.05) is 13.0 Å². The number of ether oxygens (including phenoxy) is 2. The van der Waals surface area contributed by atoms with E-state index in [1.165, 1.54) is 6.07 Å². The lowest BCUT2D eigenvalue weighted by atomic mass is 9.98. The van der Waals surface area contributed by atoms with Gasteiger partial charge < -0.3 is 14.4 Å². The van der Waals surface area contributed by atoms with Crippen molar-refractivity contribution in [1.82, 2.24) is 4.90 Å². The molecule has 1 N–H and O–H groups in total. The Bertz CT molecular complexity index is 1540. The predicted octanol–water partition coefficient (Wildman–Crippen LogP) is 6.02. The molecule has 1 fully saturated rings. The van der Waals surface area contributed by atoms with Crippen molar-refractivity contribution < 1.29 is 36.3 Å². The van der Waals surface area contributed by atoms with Crippen LogP contribution in [0.5, 0.6) is 5.75 Å². The Kier molecular flexibility index (Phi) is 9.40. The standard InChI is InChI=1S/C31H36F2N2O6S/c1-5-10-21-15-22(30(37)35-13-9-14-35)16-27(29(21)40-19-28(36)41-31(2,3)4)42(38,39)34-26-17-23(24(32)18-25(26)33)20-11-7-6-8-12-20/h7,11-12,15-18,34H,5-6,8-10,13-14,19H2,1-4H3. The van der Waals surface area contributed by atoms with Gasteiger partial charge >= 0.3 is 5.97 Å². The maximum atomic E-state index is 15.0. The van der Waals surface area contributed by atoms with Gasteiger partial charge in [0.2, 0.25) is 0 Å². The van der Waals surface area contributed by atoms with Crippen LogP contribution in [-0.4, -0.2) is 50.5 Å². The lowest BCUT2D eigenvalue weighted by Crippen LogP contribution is -2.42. The van der Waals surface area contributed by atoms with E-state index >= 15 is 0 Å². The zero-order chi connectivity index (χ0) is 30.7. The maximum Gasteiger partial charge on any atom is 0.344 e. The van der Waals surface area contributed by atoms with Crippen molar-refractivity contribution in [3.05, 3.63) is 70.8 Å². The van der Waals surface area contributed by atoms with Crippen LogP contribution in [-0.2, 0) is 26.0 Å². The number of allylic oxidation sites excluding steroid dienone is 4. The van der Waals surface area contributed by atoms with Crippen LogP contribution in [0, 0.1) is 11.6 Å². The minimum atomic E-state index is -4.62. The summed E-state index contributed by atoms with van der Waals surface area (Å²) in [5.41, 5.74) is -0.197. The summed E-state index contributed by atoms with van der Waals surface area (Å²) in [6, 6.07) is 4.46. The number of benzene rings is 2. The van der Waals surface area contributed by atoms with Crippen molar-refractivity contribution in [2.75, 3.05) is 24.4 Å². The highest BCUT2D eigenvalue weighted by Gasteiger charge is 2.30. The smallest absolute Gasteiger partial charge is 0.344 e. The summed E-state index contributed by atoms with van der Waals surface area (Å²) in [6.45, 7) is 7.44. The number of hydrogen-bond acceptors (Lipinski definition) is 6. The van der Waals surface area contributed by atoms with Gasteiger partial charge in [0.15, 0.2) is 6.61 Å². The molecule has 0 saturated carbocycles. The summed E-state index contributed by atoms with van der Waals surface area (Å²) in [5, 5.41) is 0. The number of esters is 1. The van der Waals surface area contributed by atoms with Gasteiger partial charge in [0.25, 0.3) is 15.9 Å². The molecular formula is C31H36F2N2O6S. The highest BCUT2D eigenvalue weighted by molar-refractivity contribution is 7.92. The fraction of sp³-hybridized carbons (Fsp3) is 0.419. The quantitative estimate of drug-likeness (QED) is 0.334. The summed E-state index contributed by atoms with van der Waals surface area (Å²) in [5.74, 6) is -3.15. The molecule has 0 unspecified atom stereocenters. The molecule has 2 aromatic carbocycles. The van der Waals surface area contributed by atoms with Gasteiger partial charge in [0.05, 0.1) is 5.69 Å². The number of nitrogens with one attached hydrogen (secondary N) is 1. The summed E-state index contributed by atoms with van der Waals surface area (Å²) in [4.78, 5) is 26.8. The molecule has 11 heteroatoms. The molecule has 42 heavy (non-hydrogen) atoms. The van der Waals surface area contributed by atoms with Gasteiger partial charge in [-0.15, -0.1) is 0 Å². The SMILES string of the molecule is CCCc1cc(C(=O)N2CCC2)cc(S(=O)(=O)Nc2cc(C3=CCCC=C3)c(F)cc2F)c1OCC(=O)OC(C)(C)C. The molecule has 8 nitrogen and oxygen atoms in total. The van der Waals surface area contributed by atoms with Crippen molar-refractivity contribution in [3.63, 3.8) is 0 Å². The van der Waals surface area contributed by atoms with Gasteiger partial charge in [-0.2, -0.15) is 0 Å². The maximum absolute atomic E-state index is 15.0. The second kappa shape index (κ2) is 12.6. The van der Waals surface area contributed by atoms with Gasteiger partial charge in [-0.05, 0) is 75.8 Å². The summed E-state index contributed by atoms with van der Waals surface area (Å²) >= 11 is 0. The van der Waals surface area contributed by atoms with Crippen LogP contribution in [0.4, 0.5) is 14.5 Å². The molecule has 0 aromatic heterocycles. The van der Waals surface area contributed by atoms with Gasteiger partial charge in [0.1, 0.15) is 27.9 Å². The van der Waals surface area contributed by atoms with Crippen LogP contribution in [0.1, 0.15) is 74.9 Å². The average Bonchev–Trinajstić information content (AvgIpc) is 2.87. The van der Waals surface area contributed by atoms with Gasteiger partial charge in [-0.3, -0.25) is 9.52 Å². The van der Waals surface area contributed by atoms with E-state index in [-0.39, 0.29) is 22.8 Å². The molecule has 226 valence electrons. The first-order valence-corrected chi connectivity index (χ1v) is 15.5. The Morgan fingerprint density at radius 2 is 1.79 bits per heavy atom. The van der Waals surface area contributed by atoms with Crippen molar-refractivity contribution in [1.29, 1.82) is 0 Å². The van der Waals surface area contributed by atoms with Crippen molar-refractivity contribution in [3.8, 4) is 5.75 Å². The first kappa shape index (κ1) is 31.2. The zero-order valence-electron chi connectivity index (χ0n) is 24.3. The van der Waals surface area contributed by atoms with E-state index < -0.39 is 50.4 Å². The highest BCUT2D eigenvalue weighted by Crippen LogP contribution is 2.35. The second-order valence-corrected chi connectivity index (χ2v) is 12.9. The van der Waals surface area contributed by atoms with E-state index in [0.717, 1.165) is 18.9 Å². The molecule has 0 bridgehead atoms. The van der Waals surface area contributed by atoms with Crippen LogP contribution in [0.15, 0.2) is 47.4 Å². The molecule has 1 saturated heterocycles. The number of carbonyl (C=O) groups is 2. The predicted molar refractivity (Wildman–Crippen MR) is 156 cm³/mol. The van der Waals surface area contributed by atoms with E-state index in [0.29, 0.717) is 49.6 Å². The first-order chi connectivity index (χ1) is 19.8. The number of likely N-dealkylation sites (tertiary alicyclic amines) is 1. The topological polar surface area (TPSA) is 102 Å². The van der Waals surface area contributed by atoms with Crippen molar-refractivity contribution >= 4 is 33.2 Å². The Hall–Kier alpha value is -3.73. The monoisotopic (exact) mass is 602 g/mol. The number of hydrogen-bond donors (Lipinski definition) is 1. The molecule has 2 aromatic rings. The Morgan fingerprint density at radius 3 is 2.38 bits per heavy atom. The highest BCUT2D eigenvalue weighted by atomic mass is 32.2. The van der Waals surface area contributed by atoms with E-state index in [9.17, 15) is 26.8 Å². The normalized spacial score (nSPS) is 15.1. The van der Waals surface area contributed by atoms with Crippen LogP contribution in [0.2, 0.25) is 0 Å². The number of carbonyl (C=O) groups excluding carboxylic acids is 2. The van der Waals surface area contributed by atoms with Gasteiger partial charge in [-0.1, -0.05) is 31.6 Å². The van der Waals surface area contributed by atoms with Crippen LogP contribution < -0.4 is 9.46 Å². The lowest BCUT2D eigenvalue weighted by molar-refractivity contribution is -0.157. The Balaban J connectivity index is 1.78. The Morgan fingerprint density at radius 1 is 1.05 bits per heavy atom. The number of nitrogens with zero attached hydrogens (tertiary/aromatic N) is 1. The zero-order valence-corrected chi connectivity index (χ0v) is 25.1. The third kappa shape index (κ3) is 7.36. The fourth-order valence-corrected chi connectivity index (χ4v) is 5.94. The molecule has 2 aliphatic rings. The number of anilines is 1. The third-order valence-electron chi connectivity index (χ3n) is 6.69. The third-order valence-corrected chi connectivity index (χ3v) is 8.06. The van der Waals surface area contributed by atoms with Crippen LogP contribution in [0.25, 0.3) is 5.57 Å². The van der Waals surface area contributed by atoms with Crippen molar-refractivity contribution in [2.24, 2.45) is 0 Å². The molecule has 0 atom stereocenters. The van der Waals surface area contributed by atoms with E-state index in [1.54, 1.807) is 43.9 Å². The molecular weight excluding hydrogens is 566 g/mol. The number of aryl methyl sites for hydroxylation is 1. The second-order valence-electron chi connectivity index (χ2n) is 11.3. The summed E-state index contributed by atoms with van der Waals surface area (Å²) in [7, 11) is -4.62.